The second kappa shape index (κ2) is 4.75. The summed E-state index contributed by atoms with van der Waals surface area (Å²) >= 11 is 0. The quantitative estimate of drug-likeness (QED) is 0.925. The van der Waals surface area contributed by atoms with E-state index in [0.29, 0.717) is 12.8 Å². The van der Waals surface area contributed by atoms with Gasteiger partial charge >= 0.3 is 6.18 Å². The van der Waals surface area contributed by atoms with Crippen molar-refractivity contribution in [1.29, 1.82) is 0 Å². The highest BCUT2D eigenvalue weighted by atomic mass is 19.4. The summed E-state index contributed by atoms with van der Waals surface area (Å²) in [6.07, 6.45) is -3.41. The molecule has 1 saturated heterocycles. The Kier molecular flexibility index (Phi) is 3.51. The van der Waals surface area contributed by atoms with E-state index in [4.69, 9.17) is 0 Å². The molecule has 0 spiro atoms. The van der Waals surface area contributed by atoms with Crippen molar-refractivity contribution in [1.82, 2.24) is 20.1 Å². The molecule has 1 amide bonds. The lowest BCUT2D eigenvalue weighted by atomic mass is 9.94. The van der Waals surface area contributed by atoms with Crippen LogP contribution in [0.25, 0.3) is 0 Å². The summed E-state index contributed by atoms with van der Waals surface area (Å²) in [7, 11) is 0. The third-order valence-electron chi connectivity index (χ3n) is 3.39. The van der Waals surface area contributed by atoms with Gasteiger partial charge in [0.2, 0.25) is 5.91 Å². The molecule has 112 valence electrons. The lowest BCUT2D eigenvalue weighted by Crippen LogP contribution is -2.34. The van der Waals surface area contributed by atoms with Gasteiger partial charge in [-0.15, -0.1) is 5.10 Å². The molecular weight excluding hydrogens is 273 g/mol. The normalized spacial score (nSPS) is 22.1. The van der Waals surface area contributed by atoms with Crippen LogP contribution in [0.1, 0.15) is 38.3 Å². The van der Waals surface area contributed by atoms with Crippen LogP contribution < -0.4 is 5.32 Å². The summed E-state index contributed by atoms with van der Waals surface area (Å²) in [5, 5.41) is 6.31. The molecule has 1 atom stereocenters. The highest BCUT2D eigenvalue weighted by molar-refractivity contribution is 5.81. The molecule has 1 aromatic rings. The van der Waals surface area contributed by atoms with Crippen LogP contribution in [0, 0.1) is 12.8 Å². The van der Waals surface area contributed by atoms with Gasteiger partial charge in [-0.3, -0.25) is 4.79 Å². The van der Waals surface area contributed by atoms with Crippen molar-refractivity contribution in [3.8, 4) is 0 Å². The fourth-order valence-electron chi connectivity index (χ4n) is 2.46. The van der Waals surface area contributed by atoms with Crippen LogP contribution in [-0.2, 0) is 17.5 Å². The lowest BCUT2D eigenvalue weighted by molar-refractivity contribution is -0.145. The Labute approximate surface area is 114 Å². The highest BCUT2D eigenvalue weighted by Gasteiger charge is 2.38. The Hall–Kier alpha value is -1.60. The van der Waals surface area contributed by atoms with Gasteiger partial charge in [0.05, 0.1) is 0 Å². The van der Waals surface area contributed by atoms with Gasteiger partial charge in [0, 0.05) is 18.0 Å². The fourth-order valence-corrected chi connectivity index (χ4v) is 2.46. The third-order valence-corrected chi connectivity index (χ3v) is 3.39. The van der Waals surface area contributed by atoms with Gasteiger partial charge in [-0.05, 0) is 33.6 Å². The molecule has 1 aromatic heterocycles. The maximum atomic E-state index is 12.5. The molecule has 1 aliphatic heterocycles. The average molecular weight is 290 g/mol. The van der Waals surface area contributed by atoms with Gasteiger partial charge in [-0.2, -0.15) is 13.2 Å². The van der Waals surface area contributed by atoms with Gasteiger partial charge in [-0.25, -0.2) is 9.67 Å². The summed E-state index contributed by atoms with van der Waals surface area (Å²) < 4.78 is 38.7. The van der Waals surface area contributed by atoms with E-state index in [2.05, 4.69) is 15.4 Å². The maximum Gasteiger partial charge on any atom is 0.453 e. The predicted molar refractivity (Wildman–Crippen MR) is 64.7 cm³/mol. The maximum absolute atomic E-state index is 12.5. The third kappa shape index (κ3) is 3.10. The van der Waals surface area contributed by atoms with E-state index in [9.17, 15) is 18.0 Å². The Bertz CT molecular complexity index is 521. The number of carbonyl (C=O) groups is 1. The molecule has 0 aromatic carbocycles. The van der Waals surface area contributed by atoms with E-state index >= 15 is 0 Å². The predicted octanol–water partition coefficient (Wildman–Crippen LogP) is 1.91. The molecule has 20 heavy (non-hydrogen) atoms. The Morgan fingerprint density at radius 1 is 1.45 bits per heavy atom. The first-order chi connectivity index (χ1) is 9.08. The minimum absolute atomic E-state index is 0.0520. The number of aryl methyl sites for hydroxylation is 2. The molecule has 1 fully saturated rings. The number of rotatable bonds is 3. The molecule has 1 unspecified atom stereocenters. The molecule has 0 aliphatic carbocycles. The molecule has 1 aliphatic rings. The number of nitrogens with zero attached hydrogens (tertiary/aromatic N) is 3. The Morgan fingerprint density at radius 2 is 2.10 bits per heavy atom. The zero-order valence-electron chi connectivity index (χ0n) is 11.6. The second-order valence-electron chi connectivity index (χ2n) is 5.77. The Balaban J connectivity index is 2.02. The van der Waals surface area contributed by atoms with Crippen molar-refractivity contribution in [2.45, 2.75) is 51.9 Å². The van der Waals surface area contributed by atoms with E-state index in [-0.39, 0.29) is 29.7 Å². The van der Waals surface area contributed by atoms with Crippen LogP contribution in [0.4, 0.5) is 13.2 Å². The van der Waals surface area contributed by atoms with Crippen molar-refractivity contribution < 1.29 is 18.0 Å². The summed E-state index contributed by atoms with van der Waals surface area (Å²) in [6, 6.07) is 0. The van der Waals surface area contributed by atoms with Gasteiger partial charge < -0.3 is 5.32 Å². The number of hydrogen-bond donors (Lipinski definition) is 1. The number of hydrogen-bond acceptors (Lipinski definition) is 3. The topological polar surface area (TPSA) is 59.8 Å². The first-order valence-electron chi connectivity index (χ1n) is 6.39. The number of amides is 1. The molecule has 8 heteroatoms. The van der Waals surface area contributed by atoms with Crippen molar-refractivity contribution in [2.75, 3.05) is 0 Å². The fraction of sp³-hybridized carbons (Fsp3) is 0.750. The van der Waals surface area contributed by atoms with Crippen molar-refractivity contribution in [3.63, 3.8) is 0 Å². The standard InChI is InChI=1S/C12H17F3N4O/c1-7-16-10(12(13,14)15)18-19(7)5-4-8-6-11(2,3)17-9(8)20/h8H,4-6H2,1-3H3,(H,17,20). The largest absolute Gasteiger partial charge is 0.453 e. The summed E-state index contributed by atoms with van der Waals surface area (Å²) in [5.41, 5.74) is -0.254. The zero-order chi connectivity index (χ0) is 15.1. The van der Waals surface area contributed by atoms with Gasteiger partial charge in [-0.1, -0.05) is 0 Å². The summed E-state index contributed by atoms with van der Waals surface area (Å²) in [4.78, 5) is 15.1. The number of carbonyl (C=O) groups excluding carboxylic acids is 1. The molecule has 0 bridgehead atoms. The van der Waals surface area contributed by atoms with Crippen LogP contribution in [0.3, 0.4) is 0 Å². The van der Waals surface area contributed by atoms with E-state index in [1.54, 1.807) is 0 Å². The molecule has 0 radical (unpaired) electrons. The van der Waals surface area contributed by atoms with Crippen LogP contribution in [0.2, 0.25) is 0 Å². The number of aromatic nitrogens is 3. The number of alkyl halides is 3. The average Bonchev–Trinajstić information content (AvgIpc) is 2.75. The van der Waals surface area contributed by atoms with Crippen molar-refractivity contribution in [2.24, 2.45) is 5.92 Å². The number of halogens is 3. The minimum Gasteiger partial charge on any atom is -0.351 e. The first kappa shape index (κ1) is 14.8. The smallest absolute Gasteiger partial charge is 0.351 e. The molecule has 2 heterocycles. The van der Waals surface area contributed by atoms with Crippen LogP contribution in [0.5, 0.6) is 0 Å². The van der Waals surface area contributed by atoms with E-state index in [1.165, 1.54) is 11.6 Å². The Morgan fingerprint density at radius 3 is 2.55 bits per heavy atom. The van der Waals surface area contributed by atoms with Gasteiger partial charge in [0.25, 0.3) is 5.82 Å². The lowest BCUT2D eigenvalue weighted by Gasteiger charge is -2.16. The SMILES string of the molecule is Cc1nc(C(F)(F)F)nn1CCC1CC(C)(C)NC1=O. The van der Waals surface area contributed by atoms with Gasteiger partial charge in [0.1, 0.15) is 5.82 Å². The van der Waals surface area contributed by atoms with Crippen LogP contribution >= 0.6 is 0 Å². The molecule has 5 nitrogen and oxygen atoms in total. The van der Waals surface area contributed by atoms with Gasteiger partial charge in [0.15, 0.2) is 0 Å². The molecular formula is C12H17F3N4O. The minimum atomic E-state index is -4.54. The van der Waals surface area contributed by atoms with Crippen LogP contribution in [-0.4, -0.2) is 26.2 Å². The second-order valence-corrected chi connectivity index (χ2v) is 5.77. The van der Waals surface area contributed by atoms with Crippen molar-refractivity contribution in [3.05, 3.63) is 11.6 Å². The molecule has 1 N–H and O–H groups in total. The van der Waals surface area contributed by atoms with Crippen LogP contribution in [0.15, 0.2) is 0 Å². The zero-order valence-corrected chi connectivity index (χ0v) is 11.6. The first-order valence-corrected chi connectivity index (χ1v) is 6.39. The monoisotopic (exact) mass is 290 g/mol. The molecule has 2 rings (SSSR count). The summed E-state index contributed by atoms with van der Waals surface area (Å²) in [5.74, 6) is -1.17. The van der Waals surface area contributed by atoms with E-state index in [0.717, 1.165) is 0 Å². The summed E-state index contributed by atoms with van der Waals surface area (Å²) in [6.45, 7) is 5.57. The number of nitrogens with one attached hydrogen (secondary N) is 1. The highest BCUT2D eigenvalue weighted by Crippen LogP contribution is 2.28. The van der Waals surface area contributed by atoms with Crippen molar-refractivity contribution >= 4 is 5.91 Å². The molecule has 0 saturated carbocycles. The van der Waals surface area contributed by atoms with E-state index < -0.39 is 12.0 Å². The van der Waals surface area contributed by atoms with E-state index in [1.807, 2.05) is 13.8 Å².